The van der Waals surface area contributed by atoms with Crippen LogP contribution < -0.4 is 10.0 Å². The van der Waals surface area contributed by atoms with E-state index in [1.54, 1.807) is 13.2 Å². The molecule has 2 unspecified atom stereocenters. The van der Waals surface area contributed by atoms with Crippen molar-refractivity contribution in [2.24, 2.45) is 0 Å². The monoisotopic (exact) mass is 304 g/mol. The molecule has 0 bridgehead atoms. The molecule has 0 aromatic carbocycles. The van der Waals surface area contributed by atoms with E-state index in [9.17, 15) is 8.42 Å². The number of hydrogen-bond acceptors (Lipinski definition) is 5. The van der Waals surface area contributed by atoms with E-state index in [4.69, 9.17) is 4.74 Å². The highest BCUT2D eigenvalue weighted by Gasteiger charge is 2.29. The fraction of sp³-hybridized carbons (Fsp3) is 0.667. The van der Waals surface area contributed by atoms with Crippen LogP contribution >= 0.6 is 11.3 Å². The predicted octanol–water partition coefficient (Wildman–Crippen LogP) is 1.31. The van der Waals surface area contributed by atoms with Crippen LogP contribution in [0.1, 0.15) is 24.1 Å². The Balaban J connectivity index is 2.01. The fourth-order valence-corrected chi connectivity index (χ4v) is 4.98. The lowest BCUT2D eigenvalue weighted by atomic mass is 10.3. The Kier molecular flexibility index (Phi) is 4.97. The zero-order valence-electron chi connectivity index (χ0n) is 11.2. The summed E-state index contributed by atoms with van der Waals surface area (Å²) >= 11 is 1.31. The first kappa shape index (κ1) is 14.9. The van der Waals surface area contributed by atoms with Gasteiger partial charge in [0.2, 0.25) is 10.0 Å². The molecule has 1 heterocycles. The standard InChI is InChI=1S/C12H20N2O3S2/c1-13-8-11-5-6-12(18-11)19(15,16)14-9-3-4-10(7-9)17-2/h5-6,9-10,13-14H,3-4,7-8H2,1-2H3. The Morgan fingerprint density at radius 3 is 2.84 bits per heavy atom. The van der Waals surface area contributed by atoms with E-state index < -0.39 is 10.0 Å². The number of sulfonamides is 1. The average molecular weight is 304 g/mol. The van der Waals surface area contributed by atoms with Crippen molar-refractivity contribution in [3.8, 4) is 0 Å². The van der Waals surface area contributed by atoms with Crippen molar-refractivity contribution >= 4 is 21.4 Å². The summed E-state index contributed by atoms with van der Waals surface area (Å²) in [6.07, 6.45) is 2.69. The van der Waals surface area contributed by atoms with Crippen LogP contribution in [-0.4, -0.2) is 34.7 Å². The van der Waals surface area contributed by atoms with E-state index in [-0.39, 0.29) is 12.1 Å². The average Bonchev–Trinajstić information content (AvgIpc) is 2.98. The molecule has 1 aromatic heterocycles. The van der Waals surface area contributed by atoms with Gasteiger partial charge in [0.1, 0.15) is 4.21 Å². The molecule has 0 amide bonds. The molecule has 1 saturated carbocycles. The van der Waals surface area contributed by atoms with Crippen LogP contribution in [0.15, 0.2) is 16.3 Å². The van der Waals surface area contributed by atoms with Gasteiger partial charge < -0.3 is 10.1 Å². The minimum absolute atomic E-state index is 0.00944. The number of nitrogens with one attached hydrogen (secondary N) is 2. The van der Waals surface area contributed by atoms with Gasteiger partial charge in [-0.2, -0.15) is 0 Å². The van der Waals surface area contributed by atoms with Crippen LogP contribution in [0.5, 0.6) is 0 Å². The number of ether oxygens (including phenoxy) is 1. The SMILES string of the molecule is CNCc1ccc(S(=O)(=O)NC2CCC(OC)C2)s1. The summed E-state index contributed by atoms with van der Waals surface area (Å²) in [5.41, 5.74) is 0. The van der Waals surface area contributed by atoms with Crippen molar-refractivity contribution in [2.75, 3.05) is 14.2 Å². The molecule has 0 aliphatic heterocycles. The first-order valence-electron chi connectivity index (χ1n) is 6.33. The van der Waals surface area contributed by atoms with Gasteiger partial charge in [-0.1, -0.05) is 0 Å². The summed E-state index contributed by atoms with van der Waals surface area (Å²) in [6.45, 7) is 0.690. The Hall–Kier alpha value is -0.470. The first-order chi connectivity index (χ1) is 9.05. The summed E-state index contributed by atoms with van der Waals surface area (Å²) in [4.78, 5) is 1.02. The molecule has 1 fully saturated rings. The minimum Gasteiger partial charge on any atom is -0.381 e. The van der Waals surface area contributed by atoms with Crippen LogP contribution in [0.3, 0.4) is 0 Å². The predicted molar refractivity (Wildman–Crippen MR) is 75.8 cm³/mol. The van der Waals surface area contributed by atoms with E-state index in [0.29, 0.717) is 10.8 Å². The van der Waals surface area contributed by atoms with Gasteiger partial charge in [0.15, 0.2) is 0 Å². The maximum absolute atomic E-state index is 12.2. The first-order valence-corrected chi connectivity index (χ1v) is 8.63. The van der Waals surface area contributed by atoms with Crippen LogP contribution in [0, 0.1) is 0 Å². The smallest absolute Gasteiger partial charge is 0.250 e. The molecule has 5 nitrogen and oxygen atoms in total. The molecule has 108 valence electrons. The summed E-state index contributed by atoms with van der Waals surface area (Å²) in [5.74, 6) is 0. The Morgan fingerprint density at radius 2 is 2.21 bits per heavy atom. The van der Waals surface area contributed by atoms with Gasteiger partial charge in [-0.05, 0) is 38.4 Å². The van der Waals surface area contributed by atoms with Gasteiger partial charge >= 0.3 is 0 Å². The van der Waals surface area contributed by atoms with E-state index in [2.05, 4.69) is 10.0 Å². The van der Waals surface area contributed by atoms with E-state index in [1.807, 2.05) is 13.1 Å². The third-order valence-electron chi connectivity index (χ3n) is 3.29. The van der Waals surface area contributed by atoms with E-state index in [0.717, 1.165) is 24.1 Å². The number of rotatable bonds is 6. The molecular formula is C12H20N2O3S2. The zero-order valence-corrected chi connectivity index (χ0v) is 12.8. The maximum atomic E-state index is 12.2. The summed E-state index contributed by atoms with van der Waals surface area (Å²) < 4.78 is 32.9. The maximum Gasteiger partial charge on any atom is 0.250 e. The highest BCUT2D eigenvalue weighted by molar-refractivity contribution is 7.91. The lowest BCUT2D eigenvalue weighted by Crippen LogP contribution is -2.32. The molecular weight excluding hydrogens is 284 g/mol. The van der Waals surface area contributed by atoms with Crippen molar-refractivity contribution in [1.29, 1.82) is 0 Å². The van der Waals surface area contributed by atoms with Crippen molar-refractivity contribution in [3.05, 3.63) is 17.0 Å². The Morgan fingerprint density at radius 1 is 1.42 bits per heavy atom. The highest BCUT2D eigenvalue weighted by atomic mass is 32.2. The topological polar surface area (TPSA) is 67.4 Å². The number of thiophene rings is 1. The van der Waals surface area contributed by atoms with Crippen molar-refractivity contribution in [3.63, 3.8) is 0 Å². The van der Waals surface area contributed by atoms with Crippen molar-refractivity contribution in [2.45, 2.75) is 42.2 Å². The molecule has 1 aliphatic rings. The molecule has 0 radical (unpaired) electrons. The summed E-state index contributed by atoms with van der Waals surface area (Å²) in [5, 5.41) is 3.01. The normalized spacial score (nSPS) is 23.9. The molecule has 0 spiro atoms. The molecule has 19 heavy (non-hydrogen) atoms. The fourth-order valence-electron chi connectivity index (χ4n) is 2.31. The zero-order chi connectivity index (χ0) is 13.9. The second kappa shape index (κ2) is 6.32. The Bertz CT molecular complexity index is 513. The number of hydrogen-bond donors (Lipinski definition) is 2. The van der Waals surface area contributed by atoms with Gasteiger partial charge in [0.05, 0.1) is 6.10 Å². The second-order valence-corrected chi connectivity index (χ2v) is 7.85. The molecule has 1 aliphatic carbocycles. The van der Waals surface area contributed by atoms with E-state index in [1.165, 1.54) is 11.3 Å². The number of methoxy groups -OCH3 is 1. The van der Waals surface area contributed by atoms with Gasteiger partial charge in [0, 0.05) is 24.6 Å². The van der Waals surface area contributed by atoms with Gasteiger partial charge in [0.25, 0.3) is 0 Å². The molecule has 2 N–H and O–H groups in total. The van der Waals surface area contributed by atoms with Crippen LogP contribution in [-0.2, 0) is 21.3 Å². The van der Waals surface area contributed by atoms with Crippen molar-refractivity contribution in [1.82, 2.24) is 10.0 Å². The summed E-state index contributed by atoms with van der Waals surface area (Å²) in [7, 11) is 0.127. The quantitative estimate of drug-likeness (QED) is 0.831. The highest BCUT2D eigenvalue weighted by Crippen LogP contribution is 2.26. The van der Waals surface area contributed by atoms with Crippen LogP contribution in [0.2, 0.25) is 0 Å². The molecule has 0 saturated heterocycles. The molecule has 1 aromatic rings. The lowest BCUT2D eigenvalue weighted by molar-refractivity contribution is 0.107. The summed E-state index contributed by atoms with van der Waals surface area (Å²) in [6, 6.07) is 3.51. The van der Waals surface area contributed by atoms with Gasteiger partial charge in [-0.25, -0.2) is 13.1 Å². The molecule has 7 heteroatoms. The van der Waals surface area contributed by atoms with Gasteiger partial charge in [-0.3, -0.25) is 0 Å². The van der Waals surface area contributed by atoms with Crippen LogP contribution in [0.25, 0.3) is 0 Å². The van der Waals surface area contributed by atoms with Gasteiger partial charge in [-0.15, -0.1) is 11.3 Å². The third kappa shape index (κ3) is 3.76. The van der Waals surface area contributed by atoms with Crippen molar-refractivity contribution < 1.29 is 13.2 Å². The lowest BCUT2D eigenvalue weighted by Gasteiger charge is -2.12. The van der Waals surface area contributed by atoms with Crippen LogP contribution in [0.4, 0.5) is 0 Å². The van der Waals surface area contributed by atoms with E-state index >= 15 is 0 Å². The Labute approximate surface area is 118 Å². The molecule has 2 atom stereocenters. The second-order valence-electron chi connectivity index (χ2n) is 4.74. The largest absolute Gasteiger partial charge is 0.381 e. The minimum atomic E-state index is -3.39. The third-order valence-corrected chi connectivity index (χ3v) is 6.39. The molecule has 2 rings (SSSR count).